The van der Waals surface area contributed by atoms with E-state index >= 15 is 0 Å². The van der Waals surface area contributed by atoms with Crippen molar-refractivity contribution in [3.63, 3.8) is 0 Å². The summed E-state index contributed by atoms with van der Waals surface area (Å²) in [6, 6.07) is 13.8. The smallest absolute Gasteiger partial charge is 0.143 e. The first-order valence-electron chi connectivity index (χ1n) is 5.85. The molecule has 0 spiro atoms. The maximum Gasteiger partial charge on any atom is 0.143 e. The van der Waals surface area contributed by atoms with E-state index in [1.807, 2.05) is 30.3 Å². The summed E-state index contributed by atoms with van der Waals surface area (Å²) in [5.41, 5.74) is 2.33. The minimum absolute atomic E-state index is 0.0101. The third-order valence-electron chi connectivity index (χ3n) is 2.81. The third-order valence-corrected chi connectivity index (χ3v) is 2.81. The molecule has 0 aliphatic carbocycles. The molecule has 2 rings (SSSR count). The van der Waals surface area contributed by atoms with Gasteiger partial charge in [0.1, 0.15) is 17.4 Å². The summed E-state index contributed by atoms with van der Waals surface area (Å²) in [4.78, 5) is 0. The highest BCUT2D eigenvalue weighted by atomic mass is 19.1. The lowest BCUT2D eigenvalue weighted by atomic mass is 10.1. The Balaban J connectivity index is 2.10. The molecule has 3 nitrogen and oxygen atoms in total. The van der Waals surface area contributed by atoms with E-state index < -0.39 is 5.82 Å². The van der Waals surface area contributed by atoms with Crippen molar-refractivity contribution in [2.75, 3.05) is 5.32 Å². The number of nitrogens with one attached hydrogen (secondary N) is 1. The van der Waals surface area contributed by atoms with E-state index in [2.05, 4.69) is 5.32 Å². The lowest BCUT2D eigenvalue weighted by molar-refractivity contribution is 0.282. The SMILES string of the molecule is N#Cc1c(F)cccc1NCc1ccc(CO)cc1. The molecule has 0 saturated carbocycles. The summed E-state index contributed by atoms with van der Waals surface area (Å²) in [5.74, 6) is -0.525. The number of benzene rings is 2. The maximum atomic E-state index is 13.4. The molecule has 4 heteroatoms. The van der Waals surface area contributed by atoms with Crippen LogP contribution in [0.5, 0.6) is 0 Å². The normalized spacial score (nSPS) is 9.95. The van der Waals surface area contributed by atoms with E-state index in [0.29, 0.717) is 12.2 Å². The fourth-order valence-electron chi connectivity index (χ4n) is 1.74. The van der Waals surface area contributed by atoms with Crippen molar-refractivity contribution in [3.05, 3.63) is 65.0 Å². The molecular weight excluding hydrogens is 243 g/mol. The molecule has 2 aromatic carbocycles. The van der Waals surface area contributed by atoms with Gasteiger partial charge in [-0.25, -0.2) is 4.39 Å². The lowest BCUT2D eigenvalue weighted by Crippen LogP contribution is -2.02. The quantitative estimate of drug-likeness (QED) is 0.884. The van der Waals surface area contributed by atoms with Crippen LogP contribution in [0.25, 0.3) is 0 Å². The van der Waals surface area contributed by atoms with Gasteiger partial charge in [0.25, 0.3) is 0 Å². The molecule has 2 aromatic rings. The Bertz CT molecular complexity index is 603. The summed E-state index contributed by atoms with van der Waals surface area (Å²) in [7, 11) is 0. The number of anilines is 1. The largest absolute Gasteiger partial charge is 0.392 e. The fraction of sp³-hybridized carbons (Fsp3) is 0.133. The van der Waals surface area contributed by atoms with E-state index in [-0.39, 0.29) is 12.2 Å². The third kappa shape index (κ3) is 3.09. The molecule has 0 aliphatic rings. The maximum absolute atomic E-state index is 13.4. The first-order valence-corrected chi connectivity index (χ1v) is 5.85. The Hall–Kier alpha value is -2.38. The zero-order chi connectivity index (χ0) is 13.7. The van der Waals surface area contributed by atoms with Crippen molar-refractivity contribution in [1.29, 1.82) is 5.26 Å². The molecule has 0 aliphatic heterocycles. The Morgan fingerprint density at radius 2 is 1.79 bits per heavy atom. The summed E-state index contributed by atoms with van der Waals surface area (Å²) >= 11 is 0. The second kappa shape index (κ2) is 5.98. The van der Waals surface area contributed by atoms with Crippen molar-refractivity contribution in [2.45, 2.75) is 13.2 Å². The molecule has 0 atom stereocenters. The average Bonchev–Trinajstić information content (AvgIpc) is 2.45. The number of aliphatic hydroxyl groups excluding tert-OH is 1. The summed E-state index contributed by atoms with van der Waals surface area (Å²) in [5, 5.41) is 20.9. The second-order valence-corrected chi connectivity index (χ2v) is 4.10. The molecule has 0 heterocycles. The monoisotopic (exact) mass is 256 g/mol. The zero-order valence-electron chi connectivity index (χ0n) is 10.2. The number of nitrogens with zero attached hydrogens (tertiary/aromatic N) is 1. The summed E-state index contributed by atoms with van der Waals surface area (Å²) < 4.78 is 13.4. The van der Waals surface area contributed by atoms with E-state index in [4.69, 9.17) is 10.4 Å². The highest BCUT2D eigenvalue weighted by Crippen LogP contribution is 2.18. The first-order chi connectivity index (χ1) is 9.24. The van der Waals surface area contributed by atoms with Gasteiger partial charge in [0.2, 0.25) is 0 Å². The Kier molecular flexibility index (Phi) is 4.11. The molecular formula is C15H13FN2O. The highest BCUT2D eigenvalue weighted by Gasteiger charge is 2.06. The van der Waals surface area contributed by atoms with Crippen LogP contribution in [0.15, 0.2) is 42.5 Å². The van der Waals surface area contributed by atoms with Crippen molar-refractivity contribution in [3.8, 4) is 6.07 Å². The van der Waals surface area contributed by atoms with Crippen LogP contribution in [0.2, 0.25) is 0 Å². The molecule has 0 aromatic heterocycles. The number of hydrogen-bond donors (Lipinski definition) is 2. The van der Waals surface area contributed by atoms with E-state index in [1.54, 1.807) is 12.1 Å². The van der Waals surface area contributed by atoms with Crippen LogP contribution in [0.1, 0.15) is 16.7 Å². The van der Waals surface area contributed by atoms with E-state index in [1.165, 1.54) is 6.07 Å². The number of rotatable bonds is 4. The predicted octanol–water partition coefficient (Wildman–Crippen LogP) is 2.80. The van der Waals surface area contributed by atoms with Crippen molar-refractivity contribution < 1.29 is 9.50 Å². The van der Waals surface area contributed by atoms with Gasteiger partial charge >= 0.3 is 0 Å². The zero-order valence-corrected chi connectivity index (χ0v) is 10.2. The Labute approximate surface area is 110 Å². The molecule has 0 fully saturated rings. The van der Waals surface area contributed by atoms with Crippen LogP contribution in [-0.2, 0) is 13.2 Å². The molecule has 96 valence electrons. The standard InChI is InChI=1S/C15H13FN2O/c16-14-2-1-3-15(13(14)8-17)18-9-11-4-6-12(10-19)7-5-11/h1-7,18-19H,9-10H2. The topological polar surface area (TPSA) is 56.0 Å². The second-order valence-electron chi connectivity index (χ2n) is 4.10. The van der Waals surface area contributed by atoms with Gasteiger partial charge in [-0.05, 0) is 23.3 Å². The molecule has 2 N–H and O–H groups in total. The van der Waals surface area contributed by atoms with Crippen LogP contribution < -0.4 is 5.32 Å². The minimum Gasteiger partial charge on any atom is -0.392 e. The number of halogens is 1. The van der Waals surface area contributed by atoms with Gasteiger partial charge in [-0.2, -0.15) is 5.26 Å². The fourth-order valence-corrected chi connectivity index (χ4v) is 1.74. The average molecular weight is 256 g/mol. The Morgan fingerprint density at radius 1 is 1.11 bits per heavy atom. The minimum atomic E-state index is -0.525. The van der Waals surface area contributed by atoms with Crippen LogP contribution in [-0.4, -0.2) is 5.11 Å². The summed E-state index contributed by atoms with van der Waals surface area (Å²) in [6.07, 6.45) is 0. The van der Waals surface area contributed by atoms with Crippen molar-refractivity contribution >= 4 is 5.69 Å². The van der Waals surface area contributed by atoms with Gasteiger partial charge in [-0.15, -0.1) is 0 Å². The highest BCUT2D eigenvalue weighted by molar-refractivity contribution is 5.58. The molecule has 0 saturated heterocycles. The molecule has 0 radical (unpaired) electrons. The van der Waals surface area contributed by atoms with E-state index in [9.17, 15) is 4.39 Å². The van der Waals surface area contributed by atoms with Crippen LogP contribution in [0.4, 0.5) is 10.1 Å². The summed E-state index contributed by atoms with van der Waals surface area (Å²) in [6.45, 7) is 0.500. The van der Waals surface area contributed by atoms with Gasteiger partial charge in [-0.3, -0.25) is 0 Å². The van der Waals surface area contributed by atoms with Gasteiger partial charge in [0.05, 0.1) is 12.3 Å². The number of aliphatic hydroxyl groups is 1. The van der Waals surface area contributed by atoms with Gasteiger partial charge in [0, 0.05) is 6.54 Å². The first kappa shape index (κ1) is 13.1. The lowest BCUT2D eigenvalue weighted by Gasteiger charge is -2.09. The Morgan fingerprint density at radius 3 is 2.42 bits per heavy atom. The molecule has 0 amide bonds. The van der Waals surface area contributed by atoms with E-state index in [0.717, 1.165) is 11.1 Å². The van der Waals surface area contributed by atoms with Gasteiger partial charge < -0.3 is 10.4 Å². The van der Waals surface area contributed by atoms with Crippen molar-refractivity contribution in [1.82, 2.24) is 0 Å². The predicted molar refractivity (Wildman–Crippen MR) is 70.8 cm³/mol. The number of nitriles is 1. The molecule has 0 bridgehead atoms. The molecule has 0 unspecified atom stereocenters. The van der Waals surface area contributed by atoms with Crippen LogP contribution >= 0.6 is 0 Å². The van der Waals surface area contributed by atoms with Crippen LogP contribution in [0.3, 0.4) is 0 Å². The van der Waals surface area contributed by atoms with Gasteiger partial charge in [0.15, 0.2) is 0 Å². The molecule has 19 heavy (non-hydrogen) atoms. The van der Waals surface area contributed by atoms with Crippen LogP contribution in [0, 0.1) is 17.1 Å². The number of hydrogen-bond acceptors (Lipinski definition) is 3. The van der Waals surface area contributed by atoms with Crippen molar-refractivity contribution in [2.24, 2.45) is 0 Å². The van der Waals surface area contributed by atoms with Gasteiger partial charge in [-0.1, -0.05) is 30.3 Å².